The minimum Gasteiger partial charge on any atom is -0.257 e. The summed E-state index contributed by atoms with van der Waals surface area (Å²) in [6.07, 6.45) is -1.58. The summed E-state index contributed by atoms with van der Waals surface area (Å²) in [6.45, 7) is -0.931. The van der Waals surface area contributed by atoms with Gasteiger partial charge in [-0.3, -0.25) is 4.98 Å². The first-order valence-corrected chi connectivity index (χ1v) is 3.52. The van der Waals surface area contributed by atoms with Crippen LogP contribution in [0.1, 0.15) is 17.7 Å². The molecule has 0 radical (unpaired) electrons. The van der Waals surface area contributed by atoms with Crippen LogP contribution in [0.4, 0.5) is 13.2 Å². The van der Waals surface area contributed by atoms with Crippen molar-refractivity contribution in [3.63, 3.8) is 0 Å². The lowest BCUT2D eigenvalue weighted by Crippen LogP contribution is -1.93. The predicted octanol–water partition coefficient (Wildman–Crippen LogP) is 3.14. The molecule has 1 aromatic rings. The summed E-state index contributed by atoms with van der Waals surface area (Å²) in [5.74, 6) is 0. The highest BCUT2D eigenvalue weighted by Crippen LogP contribution is 2.28. The van der Waals surface area contributed by atoms with E-state index in [4.69, 9.17) is 11.6 Å². The van der Waals surface area contributed by atoms with Gasteiger partial charge in [-0.15, -0.1) is 0 Å². The van der Waals surface area contributed by atoms with Crippen molar-refractivity contribution >= 4 is 11.6 Å². The van der Waals surface area contributed by atoms with E-state index >= 15 is 0 Å². The molecule has 0 aliphatic carbocycles. The topological polar surface area (TPSA) is 12.9 Å². The van der Waals surface area contributed by atoms with Gasteiger partial charge < -0.3 is 0 Å². The van der Waals surface area contributed by atoms with Crippen LogP contribution in [0.15, 0.2) is 12.3 Å². The fourth-order valence-electron chi connectivity index (χ4n) is 0.766. The van der Waals surface area contributed by atoms with Gasteiger partial charge in [-0.25, -0.2) is 13.2 Å². The summed E-state index contributed by atoms with van der Waals surface area (Å²) >= 11 is 5.42. The minimum atomic E-state index is -2.69. The molecule has 1 nitrogen and oxygen atoms in total. The smallest absolute Gasteiger partial charge is 0.257 e. The van der Waals surface area contributed by atoms with E-state index < -0.39 is 13.1 Å². The van der Waals surface area contributed by atoms with Gasteiger partial charge in [0.1, 0.15) is 6.67 Å². The first kappa shape index (κ1) is 9.32. The zero-order chi connectivity index (χ0) is 9.14. The molecular formula is C7H5ClF3N. The Labute approximate surface area is 72.2 Å². The van der Waals surface area contributed by atoms with E-state index in [0.717, 1.165) is 12.3 Å². The van der Waals surface area contributed by atoms with E-state index in [1.54, 1.807) is 0 Å². The third kappa shape index (κ3) is 1.69. The number of hydrogen-bond donors (Lipinski definition) is 0. The summed E-state index contributed by atoms with van der Waals surface area (Å²) in [5, 5.41) is -0.282. The second-order valence-electron chi connectivity index (χ2n) is 2.10. The van der Waals surface area contributed by atoms with E-state index in [0.29, 0.717) is 0 Å². The molecule has 0 bridgehead atoms. The molecule has 0 saturated heterocycles. The second-order valence-corrected chi connectivity index (χ2v) is 2.47. The van der Waals surface area contributed by atoms with Gasteiger partial charge in [-0.2, -0.15) is 0 Å². The van der Waals surface area contributed by atoms with Crippen molar-refractivity contribution in [1.29, 1.82) is 0 Å². The van der Waals surface area contributed by atoms with Crippen LogP contribution in [-0.2, 0) is 6.67 Å². The van der Waals surface area contributed by atoms with Crippen LogP contribution in [0.3, 0.4) is 0 Å². The molecule has 0 N–H and O–H groups in total. The van der Waals surface area contributed by atoms with Crippen molar-refractivity contribution in [3.8, 4) is 0 Å². The van der Waals surface area contributed by atoms with Gasteiger partial charge in [0, 0.05) is 11.8 Å². The summed E-state index contributed by atoms with van der Waals surface area (Å²) < 4.78 is 36.3. The normalized spacial score (nSPS) is 10.8. The number of alkyl halides is 3. The van der Waals surface area contributed by atoms with E-state index in [9.17, 15) is 13.2 Å². The van der Waals surface area contributed by atoms with E-state index in [-0.39, 0.29) is 16.3 Å². The highest BCUT2D eigenvalue weighted by Gasteiger charge is 2.14. The summed E-state index contributed by atoms with van der Waals surface area (Å²) in [4.78, 5) is 3.50. The lowest BCUT2D eigenvalue weighted by Gasteiger charge is -2.04. The summed E-state index contributed by atoms with van der Waals surface area (Å²) in [7, 11) is 0. The van der Waals surface area contributed by atoms with E-state index in [2.05, 4.69) is 4.98 Å². The standard InChI is InChI=1S/C7H5ClF3N/c8-6-4(7(10)11)1-2-12-5(6)3-9/h1-2,7H,3H2. The fourth-order valence-corrected chi connectivity index (χ4v) is 1.01. The Morgan fingerprint density at radius 1 is 1.50 bits per heavy atom. The van der Waals surface area contributed by atoms with E-state index in [1.807, 2.05) is 0 Å². The average Bonchev–Trinajstić information content (AvgIpc) is 2.04. The number of aromatic nitrogens is 1. The van der Waals surface area contributed by atoms with Crippen molar-refractivity contribution in [2.45, 2.75) is 13.1 Å². The second kappa shape index (κ2) is 3.76. The molecule has 0 aromatic carbocycles. The van der Waals surface area contributed by atoms with Crippen molar-refractivity contribution in [3.05, 3.63) is 28.5 Å². The van der Waals surface area contributed by atoms with Gasteiger partial charge in [0.2, 0.25) is 0 Å². The molecule has 12 heavy (non-hydrogen) atoms. The Morgan fingerprint density at radius 2 is 2.17 bits per heavy atom. The average molecular weight is 196 g/mol. The Balaban J connectivity index is 3.14. The van der Waals surface area contributed by atoms with Crippen LogP contribution in [0, 0.1) is 0 Å². The van der Waals surface area contributed by atoms with Gasteiger partial charge in [0.25, 0.3) is 6.43 Å². The lowest BCUT2D eigenvalue weighted by molar-refractivity contribution is 0.151. The van der Waals surface area contributed by atoms with Crippen LogP contribution in [0.2, 0.25) is 5.02 Å². The van der Waals surface area contributed by atoms with Crippen molar-refractivity contribution < 1.29 is 13.2 Å². The highest BCUT2D eigenvalue weighted by molar-refractivity contribution is 6.32. The molecule has 0 amide bonds. The van der Waals surface area contributed by atoms with Gasteiger partial charge in [-0.1, -0.05) is 11.6 Å². The maximum atomic E-state index is 12.1. The maximum absolute atomic E-state index is 12.1. The van der Waals surface area contributed by atoms with Crippen LogP contribution >= 0.6 is 11.6 Å². The number of nitrogens with zero attached hydrogens (tertiary/aromatic N) is 1. The summed E-state index contributed by atoms with van der Waals surface area (Å²) in [5.41, 5.74) is -0.520. The third-order valence-electron chi connectivity index (χ3n) is 1.35. The molecule has 0 saturated carbocycles. The zero-order valence-electron chi connectivity index (χ0n) is 5.90. The Hall–Kier alpha value is -0.770. The molecular weight excluding hydrogens is 191 g/mol. The highest BCUT2D eigenvalue weighted by atomic mass is 35.5. The molecule has 0 fully saturated rings. The molecule has 0 atom stereocenters. The monoisotopic (exact) mass is 195 g/mol. The quantitative estimate of drug-likeness (QED) is 0.707. The lowest BCUT2D eigenvalue weighted by atomic mass is 10.2. The van der Waals surface area contributed by atoms with Crippen LogP contribution in [0.25, 0.3) is 0 Å². The fraction of sp³-hybridized carbons (Fsp3) is 0.286. The number of hydrogen-bond acceptors (Lipinski definition) is 1. The van der Waals surface area contributed by atoms with E-state index in [1.165, 1.54) is 0 Å². The molecule has 1 heterocycles. The van der Waals surface area contributed by atoms with Crippen LogP contribution < -0.4 is 0 Å². The van der Waals surface area contributed by atoms with Crippen molar-refractivity contribution in [2.24, 2.45) is 0 Å². The van der Waals surface area contributed by atoms with Gasteiger partial charge in [0.05, 0.1) is 10.7 Å². The SMILES string of the molecule is FCc1nccc(C(F)F)c1Cl. The van der Waals surface area contributed by atoms with Crippen molar-refractivity contribution in [1.82, 2.24) is 4.98 Å². The zero-order valence-corrected chi connectivity index (χ0v) is 6.65. The van der Waals surface area contributed by atoms with Crippen LogP contribution in [-0.4, -0.2) is 4.98 Å². The molecule has 66 valence electrons. The molecule has 0 aliphatic heterocycles. The van der Waals surface area contributed by atoms with Gasteiger partial charge >= 0.3 is 0 Å². The van der Waals surface area contributed by atoms with Gasteiger partial charge in [-0.05, 0) is 6.07 Å². The van der Waals surface area contributed by atoms with Crippen molar-refractivity contribution in [2.75, 3.05) is 0 Å². The number of pyridine rings is 1. The molecule has 0 spiro atoms. The molecule has 1 rings (SSSR count). The Bertz CT molecular complexity index is 277. The third-order valence-corrected chi connectivity index (χ3v) is 1.79. The molecule has 5 heteroatoms. The maximum Gasteiger partial charge on any atom is 0.265 e. The predicted molar refractivity (Wildman–Crippen MR) is 39.0 cm³/mol. The molecule has 1 aromatic heterocycles. The molecule has 0 aliphatic rings. The minimum absolute atomic E-state index is 0.144. The van der Waals surface area contributed by atoms with Crippen LogP contribution in [0.5, 0.6) is 0 Å². The Morgan fingerprint density at radius 3 is 2.67 bits per heavy atom. The Kier molecular flexibility index (Phi) is 2.92. The number of halogens is 4. The first-order chi connectivity index (χ1) is 5.66. The first-order valence-electron chi connectivity index (χ1n) is 3.14. The largest absolute Gasteiger partial charge is 0.265 e. The number of rotatable bonds is 2. The summed E-state index contributed by atoms with van der Waals surface area (Å²) in [6, 6.07) is 1.08. The molecule has 0 unspecified atom stereocenters. The van der Waals surface area contributed by atoms with Gasteiger partial charge in [0.15, 0.2) is 0 Å².